The van der Waals surface area contributed by atoms with Crippen LogP contribution in [0.3, 0.4) is 0 Å². The van der Waals surface area contributed by atoms with Gasteiger partial charge in [-0.3, -0.25) is 4.90 Å². The molecule has 0 radical (unpaired) electrons. The molecule has 0 saturated carbocycles. The number of carboxylic acid groups (broad SMARTS) is 1. The minimum Gasteiger partial charge on any atom is -0.478 e. The molecule has 0 amide bonds. The van der Waals surface area contributed by atoms with Gasteiger partial charge in [0, 0.05) is 13.1 Å². The molecule has 0 unspecified atom stereocenters. The molecule has 4 heteroatoms. The third-order valence-corrected chi connectivity index (χ3v) is 6.13. The fourth-order valence-electron chi connectivity index (χ4n) is 4.28. The summed E-state index contributed by atoms with van der Waals surface area (Å²) >= 11 is 0. The van der Waals surface area contributed by atoms with E-state index in [2.05, 4.69) is 47.4 Å². The Balaban J connectivity index is 1.54. The molecule has 0 aliphatic rings. The number of carbonyl (C=O) groups is 1. The number of hydrogen-bond acceptors (Lipinski definition) is 3. The van der Waals surface area contributed by atoms with Gasteiger partial charge in [0.15, 0.2) is 0 Å². The van der Waals surface area contributed by atoms with Gasteiger partial charge in [0.25, 0.3) is 0 Å². The maximum Gasteiger partial charge on any atom is 0.335 e. The Morgan fingerprint density at radius 1 is 0.771 bits per heavy atom. The molecular weight excluding hydrogens is 432 g/mol. The minimum absolute atomic E-state index is 0.287. The molecular formula is C31H28N2O2. The summed E-state index contributed by atoms with van der Waals surface area (Å²) in [5, 5.41) is 18.4. The predicted molar refractivity (Wildman–Crippen MR) is 139 cm³/mol. The van der Waals surface area contributed by atoms with Gasteiger partial charge >= 0.3 is 5.97 Å². The topological polar surface area (TPSA) is 64.3 Å². The van der Waals surface area contributed by atoms with Gasteiger partial charge in [-0.2, -0.15) is 5.26 Å². The number of nitriles is 1. The highest BCUT2D eigenvalue weighted by atomic mass is 16.4. The lowest BCUT2D eigenvalue weighted by molar-refractivity contribution is 0.0697. The van der Waals surface area contributed by atoms with Gasteiger partial charge in [0.05, 0.1) is 17.2 Å². The van der Waals surface area contributed by atoms with Gasteiger partial charge in [-0.05, 0) is 71.5 Å². The van der Waals surface area contributed by atoms with Crippen LogP contribution in [0, 0.1) is 11.3 Å². The van der Waals surface area contributed by atoms with Crippen molar-refractivity contribution in [2.45, 2.75) is 25.9 Å². The number of rotatable bonds is 10. The Morgan fingerprint density at radius 3 is 2.14 bits per heavy atom. The maximum absolute atomic E-state index is 11.3. The predicted octanol–water partition coefficient (Wildman–Crippen LogP) is 6.56. The zero-order valence-corrected chi connectivity index (χ0v) is 19.6. The van der Waals surface area contributed by atoms with Crippen molar-refractivity contribution in [1.82, 2.24) is 4.90 Å². The number of aromatic carboxylic acids is 1. The molecule has 35 heavy (non-hydrogen) atoms. The van der Waals surface area contributed by atoms with E-state index in [9.17, 15) is 9.90 Å². The summed E-state index contributed by atoms with van der Waals surface area (Å²) in [6.45, 7) is 2.49. The molecule has 4 aromatic rings. The van der Waals surface area contributed by atoms with E-state index in [4.69, 9.17) is 5.26 Å². The normalized spacial score (nSPS) is 10.7. The second-order valence-electron chi connectivity index (χ2n) is 8.65. The van der Waals surface area contributed by atoms with Crippen LogP contribution in [0.2, 0.25) is 0 Å². The fraction of sp³-hybridized carbons (Fsp3) is 0.161. The molecule has 0 heterocycles. The third-order valence-electron chi connectivity index (χ3n) is 6.13. The summed E-state index contributed by atoms with van der Waals surface area (Å²) in [6, 6.07) is 35.9. The van der Waals surface area contributed by atoms with Gasteiger partial charge in [0.2, 0.25) is 0 Å². The molecule has 0 aliphatic carbocycles. The van der Waals surface area contributed by atoms with Gasteiger partial charge in [0.1, 0.15) is 0 Å². The summed E-state index contributed by atoms with van der Waals surface area (Å²) < 4.78 is 0. The van der Waals surface area contributed by atoms with Crippen molar-refractivity contribution in [1.29, 1.82) is 5.26 Å². The lowest BCUT2D eigenvalue weighted by atomic mass is 9.98. The molecule has 0 saturated heterocycles. The zero-order chi connectivity index (χ0) is 24.5. The number of benzene rings is 4. The standard InChI is InChI=1S/C31H28N2O2/c32-21-25-12-14-26(15-13-25)22-33(20-6-9-24-7-2-1-3-8-24)23-29-10-4-5-11-30(29)27-16-18-28(19-17-27)31(34)35/h1-5,7-8,10-19H,6,9,20,22-23H2,(H,34,35). The van der Waals surface area contributed by atoms with Gasteiger partial charge in [-0.25, -0.2) is 4.79 Å². The molecule has 0 aromatic heterocycles. The van der Waals surface area contributed by atoms with Crippen LogP contribution in [0.4, 0.5) is 0 Å². The second-order valence-corrected chi connectivity index (χ2v) is 8.65. The number of hydrogen-bond donors (Lipinski definition) is 1. The maximum atomic E-state index is 11.3. The fourth-order valence-corrected chi connectivity index (χ4v) is 4.28. The molecule has 0 fully saturated rings. The van der Waals surface area contributed by atoms with Gasteiger partial charge in [-0.15, -0.1) is 0 Å². The monoisotopic (exact) mass is 460 g/mol. The first-order valence-corrected chi connectivity index (χ1v) is 11.8. The van der Waals surface area contributed by atoms with Crippen LogP contribution in [0.15, 0.2) is 103 Å². The lowest BCUT2D eigenvalue weighted by Crippen LogP contribution is -2.24. The molecule has 0 bridgehead atoms. The molecule has 174 valence electrons. The first kappa shape index (κ1) is 23.9. The van der Waals surface area contributed by atoms with Crippen LogP contribution in [0.1, 0.15) is 39.0 Å². The molecule has 0 atom stereocenters. The van der Waals surface area contributed by atoms with Crippen LogP contribution in [-0.4, -0.2) is 22.5 Å². The van der Waals surface area contributed by atoms with E-state index < -0.39 is 5.97 Å². The Labute approximate surface area is 206 Å². The van der Waals surface area contributed by atoms with Crippen molar-refractivity contribution in [3.8, 4) is 17.2 Å². The first-order valence-electron chi connectivity index (χ1n) is 11.8. The number of carboxylic acids is 1. The molecule has 1 N–H and O–H groups in total. The highest BCUT2D eigenvalue weighted by Gasteiger charge is 2.12. The number of nitrogens with zero attached hydrogens (tertiary/aromatic N) is 2. The SMILES string of the molecule is N#Cc1ccc(CN(CCCc2ccccc2)Cc2ccccc2-c2ccc(C(=O)O)cc2)cc1. The Kier molecular flexibility index (Phi) is 8.06. The van der Waals surface area contributed by atoms with Crippen molar-refractivity contribution >= 4 is 5.97 Å². The van der Waals surface area contributed by atoms with Crippen LogP contribution in [0.5, 0.6) is 0 Å². The van der Waals surface area contributed by atoms with E-state index in [1.165, 1.54) is 16.7 Å². The van der Waals surface area contributed by atoms with Crippen molar-refractivity contribution in [2.24, 2.45) is 0 Å². The third kappa shape index (κ3) is 6.66. The van der Waals surface area contributed by atoms with Crippen molar-refractivity contribution < 1.29 is 9.90 Å². The molecule has 0 aliphatic heterocycles. The zero-order valence-electron chi connectivity index (χ0n) is 19.6. The second kappa shape index (κ2) is 11.8. The average molecular weight is 461 g/mol. The Morgan fingerprint density at radius 2 is 1.46 bits per heavy atom. The lowest BCUT2D eigenvalue weighted by Gasteiger charge is -2.24. The van der Waals surface area contributed by atoms with Crippen molar-refractivity contribution in [2.75, 3.05) is 6.54 Å². The van der Waals surface area contributed by atoms with Crippen LogP contribution in [-0.2, 0) is 19.5 Å². The van der Waals surface area contributed by atoms with E-state index >= 15 is 0 Å². The number of aryl methyl sites for hydroxylation is 1. The van der Waals surface area contributed by atoms with E-state index in [-0.39, 0.29) is 5.56 Å². The van der Waals surface area contributed by atoms with E-state index in [1.54, 1.807) is 12.1 Å². The smallest absolute Gasteiger partial charge is 0.335 e. The molecule has 0 spiro atoms. The summed E-state index contributed by atoms with van der Waals surface area (Å²) in [4.78, 5) is 13.7. The van der Waals surface area contributed by atoms with E-state index in [0.717, 1.165) is 43.6 Å². The minimum atomic E-state index is -0.920. The largest absolute Gasteiger partial charge is 0.478 e. The van der Waals surface area contributed by atoms with Gasteiger partial charge in [-0.1, -0.05) is 78.9 Å². The van der Waals surface area contributed by atoms with E-state index in [0.29, 0.717) is 5.56 Å². The van der Waals surface area contributed by atoms with Crippen LogP contribution in [0.25, 0.3) is 11.1 Å². The summed E-state index contributed by atoms with van der Waals surface area (Å²) in [5.41, 5.74) is 6.78. The van der Waals surface area contributed by atoms with Crippen LogP contribution >= 0.6 is 0 Å². The summed E-state index contributed by atoms with van der Waals surface area (Å²) in [5.74, 6) is -0.920. The molecule has 4 aromatic carbocycles. The highest BCUT2D eigenvalue weighted by molar-refractivity contribution is 5.88. The summed E-state index contributed by atoms with van der Waals surface area (Å²) in [6.07, 6.45) is 2.05. The van der Waals surface area contributed by atoms with Crippen molar-refractivity contribution in [3.05, 3.63) is 131 Å². The van der Waals surface area contributed by atoms with Gasteiger partial charge < -0.3 is 5.11 Å². The van der Waals surface area contributed by atoms with E-state index in [1.807, 2.05) is 54.6 Å². The highest BCUT2D eigenvalue weighted by Crippen LogP contribution is 2.26. The Hall–Kier alpha value is -4.20. The Bertz CT molecular complexity index is 1290. The average Bonchev–Trinajstić information content (AvgIpc) is 2.90. The summed E-state index contributed by atoms with van der Waals surface area (Å²) in [7, 11) is 0. The molecule has 4 nitrogen and oxygen atoms in total. The van der Waals surface area contributed by atoms with Crippen molar-refractivity contribution in [3.63, 3.8) is 0 Å². The van der Waals surface area contributed by atoms with Crippen LogP contribution < -0.4 is 0 Å². The first-order chi connectivity index (χ1) is 17.1. The molecule has 4 rings (SSSR count). The quantitative estimate of drug-likeness (QED) is 0.291.